The SMILES string of the molecule is COc1ccc(C(CC(=O)Nc2nc(CN3CCCCC3)cs2)NC(C)=O)cc1. The van der Waals surface area contributed by atoms with Crippen molar-refractivity contribution < 1.29 is 14.3 Å². The first-order chi connectivity index (χ1) is 14.0. The second-order valence-electron chi connectivity index (χ2n) is 7.26. The number of carbonyl (C=O) groups is 2. The van der Waals surface area contributed by atoms with Crippen LogP contribution in [0.25, 0.3) is 0 Å². The van der Waals surface area contributed by atoms with Gasteiger partial charge in [-0.1, -0.05) is 18.6 Å². The molecular formula is C21H28N4O3S. The molecule has 1 aliphatic rings. The number of benzene rings is 1. The van der Waals surface area contributed by atoms with E-state index in [0.29, 0.717) is 5.13 Å². The van der Waals surface area contributed by atoms with Crippen LogP contribution in [0.5, 0.6) is 5.75 Å². The number of methoxy groups -OCH3 is 1. The Kier molecular flexibility index (Phi) is 7.60. The van der Waals surface area contributed by atoms with Crippen LogP contribution in [-0.4, -0.2) is 41.9 Å². The third-order valence-electron chi connectivity index (χ3n) is 4.92. The van der Waals surface area contributed by atoms with Crippen LogP contribution in [0.2, 0.25) is 0 Å². The Balaban J connectivity index is 1.58. The van der Waals surface area contributed by atoms with Crippen LogP contribution in [0.1, 0.15) is 49.9 Å². The highest BCUT2D eigenvalue weighted by atomic mass is 32.1. The van der Waals surface area contributed by atoms with E-state index >= 15 is 0 Å². The van der Waals surface area contributed by atoms with Gasteiger partial charge in [0, 0.05) is 18.8 Å². The number of piperidine rings is 1. The number of nitrogens with one attached hydrogen (secondary N) is 2. The molecule has 1 unspecified atom stereocenters. The lowest BCUT2D eigenvalue weighted by atomic mass is 10.0. The Morgan fingerprint density at radius 3 is 2.59 bits per heavy atom. The zero-order valence-electron chi connectivity index (χ0n) is 16.9. The fourth-order valence-corrected chi connectivity index (χ4v) is 4.19. The molecule has 8 heteroatoms. The average Bonchev–Trinajstić information content (AvgIpc) is 3.14. The van der Waals surface area contributed by atoms with Crippen LogP contribution in [-0.2, 0) is 16.1 Å². The molecule has 0 aliphatic carbocycles. The van der Waals surface area contributed by atoms with E-state index in [0.717, 1.165) is 36.6 Å². The van der Waals surface area contributed by atoms with Crippen LogP contribution >= 0.6 is 11.3 Å². The van der Waals surface area contributed by atoms with Gasteiger partial charge in [-0.05, 0) is 43.6 Å². The molecule has 0 radical (unpaired) electrons. The van der Waals surface area contributed by atoms with E-state index in [1.807, 2.05) is 29.6 Å². The lowest BCUT2D eigenvalue weighted by Gasteiger charge is -2.25. The number of carbonyl (C=O) groups excluding carboxylic acids is 2. The average molecular weight is 417 g/mol. The largest absolute Gasteiger partial charge is 0.497 e. The molecule has 2 aromatic rings. The summed E-state index contributed by atoms with van der Waals surface area (Å²) in [5.41, 5.74) is 1.84. The van der Waals surface area contributed by atoms with Gasteiger partial charge >= 0.3 is 0 Å². The van der Waals surface area contributed by atoms with E-state index in [9.17, 15) is 9.59 Å². The Hall–Kier alpha value is -2.45. The van der Waals surface area contributed by atoms with E-state index in [-0.39, 0.29) is 18.2 Å². The molecule has 29 heavy (non-hydrogen) atoms. The van der Waals surface area contributed by atoms with E-state index < -0.39 is 6.04 Å². The summed E-state index contributed by atoms with van der Waals surface area (Å²) in [4.78, 5) is 31.1. The van der Waals surface area contributed by atoms with Crippen molar-refractivity contribution in [1.82, 2.24) is 15.2 Å². The fraction of sp³-hybridized carbons (Fsp3) is 0.476. The van der Waals surface area contributed by atoms with Gasteiger partial charge in [0.25, 0.3) is 0 Å². The number of hydrogen-bond acceptors (Lipinski definition) is 6. The van der Waals surface area contributed by atoms with Crippen molar-refractivity contribution in [3.05, 3.63) is 40.9 Å². The van der Waals surface area contributed by atoms with Crippen LogP contribution in [0.4, 0.5) is 5.13 Å². The van der Waals surface area contributed by atoms with E-state index in [1.165, 1.54) is 37.5 Å². The van der Waals surface area contributed by atoms with E-state index in [2.05, 4.69) is 20.5 Å². The number of amides is 2. The van der Waals surface area contributed by atoms with Gasteiger partial charge in [0.2, 0.25) is 11.8 Å². The topological polar surface area (TPSA) is 83.6 Å². The number of hydrogen-bond donors (Lipinski definition) is 2. The molecule has 2 amide bonds. The maximum atomic E-state index is 12.6. The second-order valence-corrected chi connectivity index (χ2v) is 8.12. The van der Waals surface area contributed by atoms with Gasteiger partial charge in [-0.25, -0.2) is 4.98 Å². The minimum Gasteiger partial charge on any atom is -0.497 e. The number of nitrogens with zero attached hydrogens (tertiary/aromatic N) is 2. The zero-order valence-corrected chi connectivity index (χ0v) is 17.8. The molecule has 1 fully saturated rings. The van der Waals surface area contributed by atoms with Crippen LogP contribution < -0.4 is 15.4 Å². The summed E-state index contributed by atoms with van der Waals surface area (Å²) in [6.07, 6.45) is 3.92. The number of anilines is 1. The third kappa shape index (κ3) is 6.54. The van der Waals surface area contributed by atoms with Crippen LogP contribution in [0, 0.1) is 0 Å². The van der Waals surface area contributed by atoms with E-state index in [4.69, 9.17) is 4.74 Å². The molecule has 1 atom stereocenters. The van der Waals surface area contributed by atoms with Crippen molar-refractivity contribution in [2.45, 2.75) is 45.2 Å². The first-order valence-electron chi connectivity index (χ1n) is 9.91. The van der Waals surface area contributed by atoms with Gasteiger partial charge in [0.05, 0.1) is 25.3 Å². The summed E-state index contributed by atoms with van der Waals surface area (Å²) in [6, 6.07) is 6.93. The number of likely N-dealkylation sites (tertiary alicyclic amines) is 1. The van der Waals surface area contributed by atoms with Crippen LogP contribution in [0.3, 0.4) is 0 Å². The lowest BCUT2D eigenvalue weighted by Crippen LogP contribution is -2.30. The number of aromatic nitrogens is 1. The summed E-state index contributed by atoms with van der Waals surface area (Å²) < 4.78 is 5.17. The van der Waals surface area contributed by atoms with Crippen molar-refractivity contribution in [2.75, 3.05) is 25.5 Å². The molecule has 1 saturated heterocycles. The molecule has 2 heterocycles. The molecule has 0 spiro atoms. The maximum Gasteiger partial charge on any atom is 0.228 e. The summed E-state index contributed by atoms with van der Waals surface area (Å²) in [5.74, 6) is 0.360. The van der Waals surface area contributed by atoms with Gasteiger partial charge in [-0.15, -0.1) is 11.3 Å². The maximum absolute atomic E-state index is 12.6. The molecule has 1 aromatic heterocycles. The van der Waals surface area contributed by atoms with Crippen molar-refractivity contribution in [3.63, 3.8) is 0 Å². The Bertz CT molecular complexity index is 816. The van der Waals surface area contributed by atoms with E-state index in [1.54, 1.807) is 7.11 Å². The van der Waals surface area contributed by atoms with Crippen molar-refractivity contribution in [2.24, 2.45) is 0 Å². The predicted molar refractivity (Wildman–Crippen MR) is 114 cm³/mol. The van der Waals surface area contributed by atoms with Crippen molar-refractivity contribution >= 4 is 28.3 Å². The molecule has 156 valence electrons. The fourth-order valence-electron chi connectivity index (χ4n) is 3.47. The molecule has 1 aromatic carbocycles. The molecule has 1 aliphatic heterocycles. The normalized spacial score (nSPS) is 15.5. The Labute approximate surface area is 175 Å². The molecular weight excluding hydrogens is 388 g/mol. The number of ether oxygens (including phenoxy) is 1. The predicted octanol–water partition coefficient (Wildman–Crippen LogP) is 3.34. The third-order valence-corrected chi connectivity index (χ3v) is 5.72. The second kappa shape index (κ2) is 10.4. The Morgan fingerprint density at radius 2 is 1.93 bits per heavy atom. The quantitative estimate of drug-likeness (QED) is 0.690. The minimum absolute atomic E-state index is 0.132. The molecule has 7 nitrogen and oxygen atoms in total. The summed E-state index contributed by atoms with van der Waals surface area (Å²) in [5, 5.41) is 8.31. The summed E-state index contributed by atoms with van der Waals surface area (Å²) in [7, 11) is 1.60. The van der Waals surface area contributed by atoms with Gasteiger partial charge in [-0.2, -0.15) is 0 Å². The van der Waals surface area contributed by atoms with Gasteiger partial charge in [-0.3, -0.25) is 14.5 Å². The lowest BCUT2D eigenvalue weighted by molar-refractivity contribution is -0.120. The first-order valence-corrected chi connectivity index (χ1v) is 10.8. The van der Waals surface area contributed by atoms with Gasteiger partial charge in [0.1, 0.15) is 5.75 Å². The van der Waals surface area contributed by atoms with Crippen molar-refractivity contribution in [1.29, 1.82) is 0 Å². The van der Waals surface area contributed by atoms with Gasteiger partial charge in [0.15, 0.2) is 5.13 Å². The molecule has 0 bridgehead atoms. The monoisotopic (exact) mass is 416 g/mol. The number of thiazole rings is 1. The molecule has 0 saturated carbocycles. The summed E-state index contributed by atoms with van der Waals surface area (Å²) in [6.45, 7) is 4.49. The highest BCUT2D eigenvalue weighted by molar-refractivity contribution is 7.13. The summed E-state index contributed by atoms with van der Waals surface area (Å²) >= 11 is 1.43. The van der Waals surface area contributed by atoms with Crippen molar-refractivity contribution in [3.8, 4) is 5.75 Å². The standard InChI is InChI=1S/C21H28N4O3S/c1-15(26)22-19(16-6-8-18(28-2)9-7-16)12-20(27)24-21-23-17(14-29-21)13-25-10-4-3-5-11-25/h6-9,14,19H,3-5,10-13H2,1-2H3,(H,22,26)(H,23,24,27). The highest BCUT2D eigenvalue weighted by Crippen LogP contribution is 2.23. The number of rotatable bonds is 8. The Morgan fingerprint density at radius 1 is 1.21 bits per heavy atom. The highest BCUT2D eigenvalue weighted by Gasteiger charge is 2.19. The smallest absolute Gasteiger partial charge is 0.228 e. The molecule has 2 N–H and O–H groups in total. The first kappa shape index (κ1) is 21.3. The minimum atomic E-state index is -0.411. The zero-order chi connectivity index (χ0) is 20.6. The molecule has 3 rings (SSSR count). The van der Waals surface area contributed by atoms with Gasteiger partial charge < -0.3 is 15.4 Å². The van der Waals surface area contributed by atoms with Crippen LogP contribution in [0.15, 0.2) is 29.6 Å².